The second kappa shape index (κ2) is 12.2. The van der Waals surface area contributed by atoms with Crippen molar-refractivity contribution in [2.24, 2.45) is 0 Å². The number of amides is 4. The summed E-state index contributed by atoms with van der Waals surface area (Å²) in [6.45, 7) is 4.54. The molecule has 202 valence electrons. The van der Waals surface area contributed by atoms with Gasteiger partial charge in [0, 0.05) is 18.7 Å². The number of nitrogens with one attached hydrogen (secondary N) is 4. The van der Waals surface area contributed by atoms with Crippen LogP contribution in [0.15, 0.2) is 60.7 Å². The van der Waals surface area contributed by atoms with Crippen molar-refractivity contribution in [1.29, 1.82) is 0 Å². The number of rotatable bonds is 9. The number of carbonyl (C=O) groups excluding carboxylic acids is 4. The minimum atomic E-state index is -1.30. The van der Waals surface area contributed by atoms with Crippen LogP contribution in [0.25, 0.3) is 0 Å². The molecule has 0 spiro atoms. The van der Waals surface area contributed by atoms with E-state index in [-0.39, 0.29) is 30.2 Å². The van der Waals surface area contributed by atoms with Gasteiger partial charge in [-0.2, -0.15) is 0 Å². The Hall–Kier alpha value is -3.72. The normalized spacial score (nSPS) is 20.0. The molecule has 2 fully saturated rings. The van der Waals surface area contributed by atoms with E-state index in [0.29, 0.717) is 18.7 Å². The van der Waals surface area contributed by atoms with Crippen molar-refractivity contribution in [3.8, 4) is 0 Å². The lowest BCUT2D eigenvalue weighted by Gasteiger charge is -2.32. The van der Waals surface area contributed by atoms with Crippen LogP contribution >= 0.6 is 0 Å². The minimum Gasteiger partial charge on any atom is -0.342 e. The maximum Gasteiger partial charge on any atom is 0.247 e. The van der Waals surface area contributed by atoms with E-state index in [9.17, 15) is 19.2 Å². The van der Waals surface area contributed by atoms with Crippen molar-refractivity contribution in [3.05, 3.63) is 66.2 Å². The van der Waals surface area contributed by atoms with Gasteiger partial charge in [0.15, 0.2) is 0 Å². The molecular weight excluding hydrogens is 482 g/mol. The summed E-state index contributed by atoms with van der Waals surface area (Å²) in [5.74, 6) is -1.25. The second-order valence-corrected chi connectivity index (χ2v) is 10.5. The summed E-state index contributed by atoms with van der Waals surface area (Å²) < 4.78 is 0. The lowest BCUT2D eigenvalue weighted by molar-refractivity contribution is -0.141. The van der Waals surface area contributed by atoms with Crippen LogP contribution in [0.5, 0.6) is 0 Å². The van der Waals surface area contributed by atoms with Crippen molar-refractivity contribution >= 4 is 29.3 Å². The van der Waals surface area contributed by atoms with Gasteiger partial charge in [0.05, 0.1) is 6.04 Å². The third-order valence-corrected chi connectivity index (χ3v) is 7.15. The highest BCUT2D eigenvalue weighted by molar-refractivity contribution is 6.00. The summed E-state index contributed by atoms with van der Waals surface area (Å²) in [5, 5.41) is 11.7. The van der Waals surface area contributed by atoms with Crippen LogP contribution in [0.3, 0.4) is 0 Å². The van der Waals surface area contributed by atoms with Crippen molar-refractivity contribution in [3.63, 3.8) is 0 Å². The first-order valence-corrected chi connectivity index (χ1v) is 13.3. The zero-order valence-corrected chi connectivity index (χ0v) is 22.0. The maximum atomic E-state index is 13.4. The Morgan fingerprint density at radius 1 is 0.974 bits per heavy atom. The quantitative estimate of drug-likeness (QED) is 0.404. The molecule has 2 aromatic rings. The van der Waals surface area contributed by atoms with Gasteiger partial charge in [0.25, 0.3) is 0 Å². The molecule has 0 bridgehead atoms. The van der Waals surface area contributed by atoms with Crippen molar-refractivity contribution < 1.29 is 19.2 Å². The number of para-hydroxylation sites is 1. The third kappa shape index (κ3) is 6.77. The fourth-order valence-electron chi connectivity index (χ4n) is 5.00. The molecule has 4 N–H and O–H groups in total. The molecule has 2 aromatic carbocycles. The van der Waals surface area contributed by atoms with Gasteiger partial charge in [-0.25, -0.2) is 0 Å². The van der Waals surface area contributed by atoms with E-state index in [4.69, 9.17) is 0 Å². The Balaban J connectivity index is 1.43. The monoisotopic (exact) mass is 519 g/mol. The molecule has 3 atom stereocenters. The van der Waals surface area contributed by atoms with E-state index in [1.807, 2.05) is 48.5 Å². The molecule has 0 aliphatic carbocycles. The van der Waals surface area contributed by atoms with Gasteiger partial charge < -0.3 is 26.2 Å². The first-order valence-electron chi connectivity index (χ1n) is 13.3. The molecule has 4 amide bonds. The zero-order chi connectivity index (χ0) is 27.1. The second-order valence-electron chi connectivity index (χ2n) is 10.5. The van der Waals surface area contributed by atoms with E-state index >= 15 is 0 Å². The fraction of sp³-hybridized carbons (Fsp3) is 0.448. The molecule has 2 aliphatic rings. The van der Waals surface area contributed by atoms with Gasteiger partial charge in [-0.3, -0.25) is 19.2 Å². The highest BCUT2D eigenvalue weighted by Crippen LogP contribution is 2.22. The zero-order valence-electron chi connectivity index (χ0n) is 22.0. The Labute approximate surface area is 223 Å². The fourth-order valence-corrected chi connectivity index (χ4v) is 5.00. The lowest BCUT2D eigenvalue weighted by atomic mass is 10.00. The number of hydrogen-bond donors (Lipinski definition) is 4. The van der Waals surface area contributed by atoms with Gasteiger partial charge in [-0.15, -0.1) is 0 Å². The Morgan fingerprint density at radius 3 is 2.32 bits per heavy atom. The highest BCUT2D eigenvalue weighted by Gasteiger charge is 2.41. The molecule has 9 heteroatoms. The molecule has 0 aromatic heterocycles. The first kappa shape index (κ1) is 27.3. The van der Waals surface area contributed by atoms with Gasteiger partial charge in [0.1, 0.15) is 17.6 Å². The van der Waals surface area contributed by atoms with Crippen LogP contribution in [0.2, 0.25) is 0 Å². The van der Waals surface area contributed by atoms with Crippen molar-refractivity contribution in [2.75, 3.05) is 18.4 Å². The summed E-state index contributed by atoms with van der Waals surface area (Å²) in [6.07, 6.45) is 3.29. The van der Waals surface area contributed by atoms with Crippen LogP contribution in [-0.2, 0) is 25.6 Å². The van der Waals surface area contributed by atoms with E-state index in [2.05, 4.69) is 21.3 Å². The topological polar surface area (TPSA) is 120 Å². The summed E-state index contributed by atoms with van der Waals surface area (Å²) in [6, 6.07) is 16.8. The number of hydrogen-bond acceptors (Lipinski definition) is 5. The van der Waals surface area contributed by atoms with Crippen LogP contribution in [0.1, 0.15) is 45.1 Å². The number of carbonyl (C=O) groups is 4. The van der Waals surface area contributed by atoms with Crippen LogP contribution in [0, 0.1) is 0 Å². The van der Waals surface area contributed by atoms with Crippen LogP contribution in [-0.4, -0.2) is 65.3 Å². The van der Waals surface area contributed by atoms with Crippen LogP contribution < -0.4 is 21.3 Å². The summed E-state index contributed by atoms with van der Waals surface area (Å²) >= 11 is 0. The predicted molar refractivity (Wildman–Crippen MR) is 145 cm³/mol. The standard InChI is InChI=1S/C29H37N5O4/c1-29(2,33-26(36)24-16-10-18-34(24)27(37)22-15-9-17-30-22)28(38)32-23(19-20-11-5-3-6-12-20)25(35)31-21-13-7-4-8-14-21/h3-8,11-14,22-24,30H,9-10,15-19H2,1-2H3,(H,31,35)(H,32,38)(H,33,36). The maximum absolute atomic E-state index is 13.4. The van der Waals surface area contributed by atoms with E-state index in [1.165, 1.54) is 0 Å². The number of nitrogens with zero attached hydrogens (tertiary/aromatic N) is 1. The minimum absolute atomic E-state index is 0.0529. The Bertz CT molecular complexity index is 1130. The summed E-state index contributed by atoms with van der Waals surface area (Å²) in [4.78, 5) is 54.5. The molecule has 38 heavy (non-hydrogen) atoms. The van der Waals surface area contributed by atoms with Crippen molar-refractivity contribution in [2.45, 2.75) is 69.6 Å². The average Bonchev–Trinajstić information content (AvgIpc) is 3.62. The van der Waals surface area contributed by atoms with E-state index in [1.54, 1.807) is 30.9 Å². The van der Waals surface area contributed by atoms with Gasteiger partial charge in [-0.05, 0) is 63.8 Å². The number of anilines is 1. The molecule has 0 radical (unpaired) electrons. The van der Waals surface area contributed by atoms with E-state index in [0.717, 1.165) is 31.4 Å². The van der Waals surface area contributed by atoms with Crippen LogP contribution in [0.4, 0.5) is 5.69 Å². The van der Waals surface area contributed by atoms with Gasteiger partial charge in [-0.1, -0.05) is 48.5 Å². The molecule has 9 nitrogen and oxygen atoms in total. The molecule has 0 saturated carbocycles. The predicted octanol–water partition coefficient (Wildman–Crippen LogP) is 1.99. The molecule has 3 unspecified atom stereocenters. The van der Waals surface area contributed by atoms with Crippen molar-refractivity contribution in [1.82, 2.24) is 20.9 Å². The Kier molecular flexibility index (Phi) is 8.78. The smallest absolute Gasteiger partial charge is 0.247 e. The van der Waals surface area contributed by atoms with Gasteiger partial charge in [0.2, 0.25) is 23.6 Å². The molecular formula is C29H37N5O4. The molecule has 2 heterocycles. The van der Waals surface area contributed by atoms with E-state index < -0.39 is 23.5 Å². The summed E-state index contributed by atoms with van der Waals surface area (Å²) in [5.41, 5.74) is 0.214. The number of benzene rings is 2. The Morgan fingerprint density at radius 2 is 1.66 bits per heavy atom. The average molecular weight is 520 g/mol. The molecule has 2 aliphatic heterocycles. The third-order valence-electron chi connectivity index (χ3n) is 7.15. The SMILES string of the molecule is CC(C)(NC(=O)C1CCCN1C(=O)C1CCCN1)C(=O)NC(Cc1ccccc1)C(=O)Nc1ccccc1. The number of likely N-dealkylation sites (tertiary alicyclic amines) is 1. The summed E-state index contributed by atoms with van der Waals surface area (Å²) in [7, 11) is 0. The van der Waals surface area contributed by atoms with Gasteiger partial charge >= 0.3 is 0 Å². The lowest BCUT2D eigenvalue weighted by Crippen LogP contribution is -2.61. The largest absolute Gasteiger partial charge is 0.342 e. The molecule has 2 saturated heterocycles. The molecule has 4 rings (SSSR count). The first-order chi connectivity index (χ1) is 18.2. The highest BCUT2D eigenvalue weighted by atomic mass is 16.2.